The molecule has 0 aliphatic rings. The van der Waals surface area contributed by atoms with Crippen molar-refractivity contribution in [2.75, 3.05) is 0 Å². The number of alkyl carbamates (subject to hydrolysis) is 1. The molecule has 1 aromatic rings. The summed E-state index contributed by atoms with van der Waals surface area (Å²) in [5, 5.41) is 3.64. The van der Waals surface area contributed by atoms with Crippen LogP contribution in [0, 0.1) is 0 Å². The molecule has 9 heteroatoms. The number of carbonyl (C=O) groups excluding carboxylic acids is 1. The van der Waals surface area contributed by atoms with E-state index in [1.165, 1.54) is 6.07 Å². The molecule has 106 valence electrons. The number of thiophene rings is 1. The molecular weight excluding hydrogens is 290 g/mol. The minimum absolute atomic E-state index is 0.0430. The highest BCUT2D eigenvalue weighted by molar-refractivity contribution is 7.92. The van der Waals surface area contributed by atoms with Gasteiger partial charge in [0.15, 0.2) is 0 Å². The second kappa shape index (κ2) is 5.57. The summed E-state index contributed by atoms with van der Waals surface area (Å²) in [6, 6.07) is 2.97. The van der Waals surface area contributed by atoms with E-state index >= 15 is 0 Å². The number of ether oxygens (including phenoxy) is 1. The first-order chi connectivity index (χ1) is 8.60. The summed E-state index contributed by atoms with van der Waals surface area (Å²) in [6.07, 6.45) is -0.866. The molecular formula is C10H15N3O4S2. The lowest BCUT2D eigenvalue weighted by molar-refractivity contribution is 0.0563. The number of amides is 1. The molecule has 0 aromatic carbocycles. The summed E-state index contributed by atoms with van der Waals surface area (Å²) >= 11 is 1.01. The quantitative estimate of drug-likeness (QED) is 0.631. The van der Waals surface area contributed by atoms with E-state index in [9.17, 15) is 13.2 Å². The zero-order valence-corrected chi connectivity index (χ0v) is 12.3. The average Bonchev–Trinajstić information content (AvgIpc) is 2.64. The molecule has 0 aliphatic carbocycles. The summed E-state index contributed by atoms with van der Waals surface area (Å²) in [5.74, 6) is -0.539. The SMILES string of the molecule is CC(C)(C)OC(=O)NC(N)=NS(=O)(=O)c1cccs1. The predicted molar refractivity (Wildman–Crippen MR) is 72.5 cm³/mol. The van der Waals surface area contributed by atoms with Gasteiger partial charge in [-0.1, -0.05) is 6.07 Å². The third-order valence-electron chi connectivity index (χ3n) is 1.60. The Kier molecular flexibility index (Phi) is 4.53. The fourth-order valence-electron chi connectivity index (χ4n) is 1.02. The van der Waals surface area contributed by atoms with Crippen molar-refractivity contribution >= 4 is 33.4 Å². The first-order valence-corrected chi connectivity index (χ1v) is 7.56. The maximum atomic E-state index is 11.7. The first-order valence-electron chi connectivity index (χ1n) is 5.24. The minimum Gasteiger partial charge on any atom is -0.444 e. The van der Waals surface area contributed by atoms with Crippen LogP contribution < -0.4 is 11.1 Å². The molecule has 0 unspecified atom stereocenters. The van der Waals surface area contributed by atoms with Gasteiger partial charge >= 0.3 is 6.09 Å². The van der Waals surface area contributed by atoms with Gasteiger partial charge in [-0.05, 0) is 32.2 Å². The Morgan fingerprint density at radius 2 is 2.11 bits per heavy atom. The smallest absolute Gasteiger partial charge is 0.414 e. The van der Waals surface area contributed by atoms with Gasteiger partial charge < -0.3 is 10.5 Å². The van der Waals surface area contributed by atoms with Crippen LogP contribution in [0.2, 0.25) is 0 Å². The highest BCUT2D eigenvalue weighted by Gasteiger charge is 2.19. The maximum absolute atomic E-state index is 11.7. The predicted octanol–water partition coefficient (Wildman–Crippen LogP) is 1.28. The van der Waals surface area contributed by atoms with Gasteiger partial charge in [0.05, 0.1) is 0 Å². The molecule has 7 nitrogen and oxygen atoms in total. The van der Waals surface area contributed by atoms with Gasteiger partial charge in [-0.2, -0.15) is 8.42 Å². The lowest BCUT2D eigenvalue weighted by Crippen LogP contribution is -2.40. The van der Waals surface area contributed by atoms with Gasteiger partial charge in [-0.3, -0.25) is 5.32 Å². The minimum atomic E-state index is -3.89. The molecule has 1 amide bonds. The largest absolute Gasteiger partial charge is 0.444 e. The number of hydrogen-bond donors (Lipinski definition) is 2. The third-order valence-corrected chi connectivity index (χ3v) is 4.26. The van der Waals surface area contributed by atoms with Crippen LogP contribution in [0.1, 0.15) is 20.8 Å². The number of sulfonamides is 1. The van der Waals surface area contributed by atoms with E-state index < -0.39 is 27.7 Å². The van der Waals surface area contributed by atoms with E-state index in [4.69, 9.17) is 10.5 Å². The van der Waals surface area contributed by atoms with Gasteiger partial charge in [0.25, 0.3) is 10.0 Å². The maximum Gasteiger partial charge on any atom is 0.414 e. The van der Waals surface area contributed by atoms with Crippen LogP contribution in [0.3, 0.4) is 0 Å². The molecule has 1 rings (SSSR count). The molecule has 0 bridgehead atoms. The molecule has 0 fully saturated rings. The van der Waals surface area contributed by atoms with Crippen LogP contribution in [-0.4, -0.2) is 26.1 Å². The summed E-state index contributed by atoms with van der Waals surface area (Å²) in [6.45, 7) is 5.01. The lowest BCUT2D eigenvalue weighted by Gasteiger charge is -2.19. The summed E-state index contributed by atoms with van der Waals surface area (Å²) in [4.78, 5) is 11.4. The van der Waals surface area contributed by atoms with Gasteiger partial charge in [0.2, 0.25) is 5.96 Å². The molecule has 0 atom stereocenters. The Morgan fingerprint density at radius 1 is 1.47 bits per heavy atom. The number of nitrogens with one attached hydrogen (secondary N) is 1. The fraction of sp³-hybridized carbons (Fsp3) is 0.400. The molecule has 3 N–H and O–H groups in total. The number of carbonyl (C=O) groups is 1. The Morgan fingerprint density at radius 3 is 2.58 bits per heavy atom. The normalized spacial score (nSPS) is 13.1. The zero-order chi connectivity index (χ0) is 14.7. The fourth-order valence-corrected chi connectivity index (χ4v) is 2.87. The van der Waals surface area contributed by atoms with Crippen LogP contribution in [0.15, 0.2) is 26.1 Å². The van der Waals surface area contributed by atoms with Crippen molar-refractivity contribution in [1.82, 2.24) is 5.32 Å². The van der Waals surface area contributed by atoms with E-state index in [2.05, 4.69) is 4.40 Å². The van der Waals surface area contributed by atoms with Crippen molar-refractivity contribution in [2.24, 2.45) is 10.1 Å². The van der Waals surface area contributed by atoms with E-state index in [0.717, 1.165) is 11.3 Å². The van der Waals surface area contributed by atoms with Crippen LogP contribution in [0.4, 0.5) is 4.79 Å². The molecule has 1 aromatic heterocycles. The van der Waals surface area contributed by atoms with Gasteiger partial charge in [0, 0.05) is 0 Å². The molecule has 0 radical (unpaired) electrons. The van der Waals surface area contributed by atoms with Gasteiger partial charge in [-0.25, -0.2) is 4.79 Å². The number of guanidine groups is 1. The summed E-state index contributed by atoms with van der Waals surface area (Å²) < 4.78 is 31.7. The molecule has 0 spiro atoms. The van der Waals surface area contributed by atoms with Crippen molar-refractivity contribution < 1.29 is 17.9 Å². The Hall–Kier alpha value is -1.61. The highest BCUT2D eigenvalue weighted by Crippen LogP contribution is 2.17. The first kappa shape index (κ1) is 15.4. The van der Waals surface area contributed by atoms with E-state index in [0.29, 0.717) is 0 Å². The standard InChI is InChI=1S/C10H15N3O4S2/c1-10(2,3)17-9(14)12-8(11)13-19(15,16)7-5-4-6-18-7/h4-6H,1-3H3,(H3,11,12,13,14). The van der Waals surface area contributed by atoms with Gasteiger partial charge in [0.1, 0.15) is 9.81 Å². The van der Waals surface area contributed by atoms with Crippen LogP contribution in [0.5, 0.6) is 0 Å². The summed E-state index contributed by atoms with van der Waals surface area (Å²) in [5.41, 5.74) is 4.64. The molecule has 1 heterocycles. The average molecular weight is 305 g/mol. The Labute approximate surface area is 115 Å². The van der Waals surface area contributed by atoms with E-state index in [-0.39, 0.29) is 4.21 Å². The van der Waals surface area contributed by atoms with Gasteiger partial charge in [-0.15, -0.1) is 15.7 Å². The van der Waals surface area contributed by atoms with E-state index in [1.54, 1.807) is 32.2 Å². The van der Waals surface area contributed by atoms with Crippen molar-refractivity contribution in [3.63, 3.8) is 0 Å². The zero-order valence-electron chi connectivity index (χ0n) is 10.7. The highest BCUT2D eigenvalue weighted by atomic mass is 32.2. The summed E-state index contributed by atoms with van der Waals surface area (Å²) in [7, 11) is -3.89. The molecule has 0 saturated carbocycles. The Balaban J connectivity index is 2.76. The van der Waals surface area contributed by atoms with Crippen molar-refractivity contribution in [2.45, 2.75) is 30.6 Å². The third kappa shape index (κ3) is 5.26. The molecule has 0 saturated heterocycles. The molecule has 0 aliphatic heterocycles. The van der Waals surface area contributed by atoms with Crippen LogP contribution in [0.25, 0.3) is 0 Å². The lowest BCUT2D eigenvalue weighted by atomic mass is 10.2. The van der Waals surface area contributed by atoms with Crippen LogP contribution >= 0.6 is 11.3 Å². The van der Waals surface area contributed by atoms with Crippen molar-refractivity contribution in [3.8, 4) is 0 Å². The number of rotatable bonds is 2. The number of nitrogens with zero attached hydrogens (tertiary/aromatic N) is 1. The monoisotopic (exact) mass is 305 g/mol. The van der Waals surface area contributed by atoms with Crippen LogP contribution in [-0.2, 0) is 14.8 Å². The van der Waals surface area contributed by atoms with E-state index in [1.807, 2.05) is 5.32 Å². The number of hydrogen-bond acceptors (Lipinski definition) is 5. The second-order valence-corrected chi connectivity index (χ2v) is 7.29. The number of nitrogens with two attached hydrogens (primary N) is 1. The second-order valence-electron chi connectivity index (χ2n) is 4.51. The molecule has 19 heavy (non-hydrogen) atoms. The topological polar surface area (TPSA) is 111 Å². The van der Waals surface area contributed by atoms with Crippen molar-refractivity contribution in [1.29, 1.82) is 0 Å². The van der Waals surface area contributed by atoms with Crippen molar-refractivity contribution in [3.05, 3.63) is 17.5 Å². The Bertz CT molecular complexity index is 570.